The molecular weight excluding hydrogens is 485 g/mol. The van der Waals surface area contributed by atoms with E-state index in [-0.39, 0.29) is 22.6 Å². The Balaban J connectivity index is 1.70. The second-order valence-corrected chi connectivity index (χ2v) is 12.2. The van der Waals surface area contributed by atoms with Crippen molar-refractivity contribution in [2.24, 2.45) is 0 Å². The lowest BCUT2D eigenvalue weighted by Gasteiger charge is -2.35. The van der Waals surface area contributed by atoms with Gasteiger partial charge in [0.15, 0.2) is 0 Å². The first kappa shape index (κ1) is 28.2. The number of urea groups is 1. The summed E-state index contributed by atoms with van der Waals surface area (Å²) in [5.74, 6) is -0.315. The van der Waals surface area contributed by atoms with E-state index in [0.29, 0.717) is 12.2 Å². The lowest BCUT2D eigenvalue weighted by molar-refractivity contribution is -0.274. The molecule has 4 nitrogen and oxygen atoms in total. The minimum Gasteiger partial charge on any atom is -0.406 e. The van der Waals surface area contributed by atoms with Crippen LogP contribution in [-0.4, -0.2) is 34.6 Å². The molecule has 198 valence electrons. The number of anilines is 1. The molecule has 0 spiro atoms. The van der Waals surface area contributed by atoms with Crippen molar-refractivity contribution in [3.05, 3.63) is 53.6 Å². The Kier molecular flexibility index (Phi) is 9.61. The highest BCUT2D eigenvalue weighted by atomic mass is 32.2. The van der Waals surface area contributed by atoms with Gasteiger partial charge in [0.25, 0.3) is 0 Å². The summed E-state index contributed by atoms with van der Waals surface area (Å²) in [5, 5.41) is 2.88. The standard InChI is InChI=1S/C28H37F3N2O2S/c1-5-6-7-8-17-33(26(34)32-22-11-14-24(15-12-22)35-28(29,30)31)23-13-9-21-19-25(36-27(2,3)4)16-10-20(21)18-23/h10-12,14-16,19,23H,5-9,13,17-18H2,1-4H3,(H,32,34). The van der Waals surface area contributed by atoms with Crippen LogP contribution in [0.25, 0.3) is 0 Å². The third-order valence-electron chi connectivity index (χ3n) is 6.10. The number of halogens is 3. The summed E-state index contributed by atoms with van der Waals surface area (Å²) >= 11 is 1.86. The van der Waals surface area contributed by atoms with Gasteiger partial charge in [-0.1, -0.05) is 53.0 Å². The summed E-state index contributed by atoms with van der Waals surface area (Å²) in [5.41, 5.74) is 3.07. The van der Waals surface area contributed by atoms with E-state index in [2.05, 4.69) is 55.9 Å². The fourth-order valence-corrected chi connectivity index (χ4v) is 5.53. The molecule has 1 unspecified atom stereocenters. The second-order valence-electron chi connectivity index (χ2n) is 10.3. The summed E-state index contributed by atoms with van der Waals surface area (Å²) in [7, 11) is 0. The number of thioether (sulfide) groups is 1. The Hall–Kier alpha value is -2.35. The Morgan fingerprint density at radius 1 is 1.06 bits per heavy atom. The monoisotopic (exact) mass is 522 g/mol. The highest BCUT2D eigenvalue weighted by Crippen LogP contribution is 2.35. The molecule has 0 heterocycles. The van der Waals surface area contributed by atoms with Crippen LogP contribution in [0.3, 0.4) is 0 Å². The molecule has 0 radical (unpaired) electrons. The van der Waals surface area contributed by atoms with E-state index in [1.165, 1.54) is 40.3 Å². The van der Waals surface area contributed by atoms with E-state index < -0.39 is 6.36 Å². The topological polar surface area (TPSA) is 41.6 Å². The van der Waals surface area contributed by atoms with Crippen molar-refractivity contribution in [1.29, 1.82) is 0 Å². The van der Waals surface area contributed by atoms with Crippen LogP contribution in [0.4, 0.5) is 23.7 Å². The van der Waals surface area contributed by atoms with E-state index in [1.54, 1.807) is 0 Å². The van der Waals surface area contributed by atoms with E-state index in [1.807, 2.05) is 16.7 Å². The van der Waals surface area contributed by atoms with Crippen LogP contribution in [0.2, 0.25) is 0 Å². The van der Waals surface area contributed by atoms with Gasteiger partial charge in [0.05, 0.1) is 0 Å². The molecule has 1 aliphatic carbocycles. The largest absolute Gasteiger partial charge is 0.573 e. The Morgan fingerprint density at radius 2 is 1.78 bits per heavy atom. The maximum atomic E-state index is 13.3. The van der Waals surface area contributed by atoms with E-state index >= 15 is 0 Å². The number of hydrogen-bond acceptors (Lipinski definition) is 3. The van der Waals surface area contributed by atoms with Gasteiger partial charge in [0.1, 0.15) is 5.75 Å². The third kappa shape index (κ3) is 8.95. The molecule has 0 aliphatic heterocycles. The average Bonchev–Trinajstić information content (AvgIpc) is 2.78. The van der Waals surface area contributed by atoms with Gasteiger partial charge in [-0.3, -0.25) is 0 Å². The smallest absolute Gasteiger partial charge is 0.406 e. The molecule has 0 fully saturated rings. The quantitative estimate of drug-likeness (QED) is 0.265. The van der Waals surface area contributed by atoms with E-state index in [0.717, 1.165) is 44.9 Å². The SMILES string of the molecule is CCCCCCN(C(=O)Nc1ccc(OC(F)(F)F)cc1)C1CCc2cc(SC(C)(C)C)ccc2C1. The summed E-state index contributed by atoms with van der Waals surface area (Å²) in [4.78, 5) is 16.5. The number of aryl methyl sites for hydroxylation is 1. The predicted molar refractivity (Wildman–Crippen MR) is 141 cm³/mol. The van der Waals surface area contributed by atoms with Gasteiger partial charge in [-0.15, -0.1) is 24.9 Å². The molecule has 1 atom stereocenters. The minimum atomic E-state index is -4.75. The number of nitrogens with zero attached hydrogens (tertiary/aromatic N) is 1. The number of nitrogens with one attached hydrogen (secondary N) is 1. The Labute approximate surface area is 217 Å². The van der Waals surface area contributed by atoms with Crippen molar-refractivity contribution in [1.82, 2.24) is 4.90 Å². The first-order valence-corrected chi connectivity index (χ1v) is 13.5. The summed E-state index contributed by atoms with van der Waals surface area (Å²) in [6, 6.07) is 11.8. The van der Waals surface area contributed by atoms with Gasteiger partial charge in [-0.2, -0.15) is 0 Å². The highest BCUT2D eigenvalue weighted by molar-refractivity contribution is 8.00. The van der Waals surface area contributed by atoms with Crippen LogP contribution in [0.1, 0.15) is 70.9 Å². The van der Waals surface area contributed by atoms with Crippen molar-refractivity contribution < 1.29 is 22.7 Å². The molecule has 2 amide bonds. The van der Waals surface area contributed by atoms with Crippen molar-refractivity contribution in [2.75, 3.05) is 11.9 Å². The zero-order valence-electron chi connectivity index (χ0n) is 21.6. The van der Waals surface area contributed by atoms with Gasteiger partial charge in [-0.25, -0.2) is 4.79 Å². The number of ether oxygens (including phenoxy) is 1. The lowest BCUT2D eigenvalue weighted by atomic mass is 9.87. The van der Waals surface area contributed by atoms with Crippen molar-refractivity contribution in [2.45, 2.75) is 94.7 Å². The average molecular weight is 523 g/mol. The number of unbranched alkanes of at least 4 members (excludes halogenated alkanes) is 3. The molecule has 3 rings (SSSR count). The van der Waals surface area contributed by atoms with Gasteiger partial charge in [0.2, 0.25) is 0 Å². The molecular formula is C28H37F3N2O2S. The number of amides is 2. The fraction of sp³-hybridized carbons (Fsp3) is 0.536. The second kappa shape index (κ2) is 12.3. The fourth-order valence-electron chi connectivity index (χ4n) is 4.49. The van der Waals surface area contributed by atoms with Crippen molar-refractivity contribution >= 4 is 23.5 Å². The Bertz CT molecular complexity index is 1000. The molecule has 2 aromatic carbocycles. The zero-order chi connectivity index (χ0) is 26.3. The van der Waals surface area contributed by atoms with Crippen LogP contribution in [0, 0.1) is 0 Å². The van der Waals surface area contributed by atoms with Crippen LogP contribution in [0.5, 0.6) is 5.75 Å². The van der Waals surface area contributed by atoms with Gasteiger partial charge < -0.3 is 15.0 Å². The van der Waals surface area contributed by atoms with Crippen LogP contribution in [-0.2, 0) is 12.8 Å². The van der Waals surface area contributed by atoms with Crippen molar-refractivity contribution in [3.63, 3.8) is 0 Å². The Morgan fingerprint density at radius 3 is 2.42 bits per heavy atom. The van der Waals surface area contributed by atoms with Crippen molar-refractivity contribution in [3.8, 4) is 5.75 Å². The maximum Gasteiger partial charge on any atom is 0.573 e. The molecule has 0 aromatic heterocycles. The lowest BCUT2D eigenvalue weighted by Crippen LogP contribution is -2.46. The molecule has 0 saturated carbocycles. The highest BCUT2D eigenvalue weighted by Gasteiger charge is 2.31. The molecule has 2 aromatic rings. The number of benzene rings is 2. The number of fused-ring (bicyclic) bond motifs is 1. The number of rotatable bonds is 9. The first-order valence-electron chi connectivity index (χ1n) is 12.7. The van der Waals surface area contributed by atoms with Gasteiger partial charge in [-0.05, 0) is 73.2 Å². The number of carbonyl (C=O) groups is 1. The van der Waals surface area contributed by atoms with Crippen LogP contribution < -0.4 is 10.1 Å². The number of carbonyl (C=O) groups excluding carboxylic acids is 1. The molecule has 0 saturated heterocycles. The molecule has 1 N–H and O–H groups in total. The van der Waals surface area contributed by atoms with Gasteiger partial charge in [0, 0.05) is 27.9 Å². The molecule has 0 bridgehead atoms. The molecule has 1 aliphatic rings. The first-order chi connectivity index (χ1) is 16.9. The summed E-state index contributed by atoms with van der Waals surface area (Å²) in [6.07, 6.45) is 2.07. The summed E-state index contributed by atoms with van der Waals surface area (Å²) < 4.78 is 41.4. The van der Waals surface area contributed by atoms with Crippen LogP contribution >= 0.6 is 11.8 Å². The summed E-state index contributed by atoms with van der Waals surface area (Å²) in [6.45, 7) is 9.43. The maximum absolute atomic E-state index is 13.3. The van der Waals surface area contributed by atoms with Crippen LogP contribution in [0.15, 0.2) is 47.4 Å². The zero-order valence-corrected chi connectivity index (χ0v) is 22.4. The van der Waals surface area contributed by atoms with Gasteiger partial charge >= 0.3 is 12.4 Å². The minimum absolute atomic E-state index is 0.0769. The number of hydrogen-bond donors (Lipinski definition) is 1. The predicted octanol–water partition coefficient (Wildman–Crippen LogP) is 8.45. The van der Waals surface area contributed by atoms with E-state index in [9.17, 15) is 18.0 Å². The molecule has 8 heteroatoms. The number of alkyl halides is 3. The molecule has 36 heavy (non-hydrogen) atoms. The van der Waals surface area contributed by atoms with E-state index in [4.69, 9.17) is 0 Å². The third-order valence-corrected chi connectivity index (χ3v) is 7.20. The normalized spacial score (nSPS) is 15.8.